The molecule has 0 aliphatic carbocycles. The molecule has 1 N–H and O–H groups in total. The van der Waals surface area contributed by atoms with Crippen LogP contribution in [0.1, 0.15) is 17.5 Å². The largest absolute Gasteiger partial charge is 0.366 e. The second-order valence-corrected chi connectivity index (χ2v) is 11.3. The lowest BCUT2D eigenvalue weighted by Crippen LogP contribution is -2.39. The van der Waals surface area contributed by atoms with Crippen molar-refractivity contribution in [2.75, 3.05) is 23.4 Å². The summed E-state index contributed by atoms with van der Waals surface area (Å²) < 4.78 is 25.4. The Hall–Kier alpha value is -2.50. The summed E-state index contributed by atoms with van der Waals surface area (Å²) in [6, 6.07) is 3.14. The van der Waals surface area contributed by atoms with Crippen LogP contribution in [0.2, 0.25) is 0 Å². The average molecular weight is 477 g/mol. The summed E-state index contributed by atoms with van der Waals surface area (Å²) in [5, 5.41) is 3.05. The summed E-state index contributed by atoms with van der Waals surface area (Å²) in [5.74, 6) is -0.111. The normalized spacial score (nSPS) is 21.9. The van der Waals surface area contributed by atoms with Gasteiger partial charge in [0.25, 0.3) is 11.5 Å². The van der Waals surface area contributed by atoms with E-state index in [1.54, 1.807) is 18.3 Å². The summed E-state index contributed by atoms with van der Waals surface area (Å²) in [6.45, 7) is 5.93. The lowest BCUT2D eigenvalue weighted by Gasteiger charge is -2.20. The number of thioether (sulfide) groups is 1. The third-order valence-corrected chi connectivity index (χ3v) is 8.17. The number of sulfone groups is 1. The minimum absolute atomic E-state index is 0.0404. The van der Waals surface area contributed by atoms with Gasteiger partial charge in [0.2, 0.25) is 0 Å². The summed E-state index contributed by atoms with van der Waals surface area (Å²) in [5.41, 5.74) is 1.27. The van der Waals surface area contributed by atoms with Gasteiger partial charge in [-0.05, 0) is 31.1 Å². The highest BCUT2D eigenvalue weighted by Crippen LogP contribution is 2.36. The van der Waals surface area contributed by atoms with E-state index in [2.05, 4.69) is 16.9 Å². The van der Waals surface area contributed by atoms with Crippen LogP contribution in [0.15, 0.2) is 40.7 Å². The number of amides is 1. The van der Waals surface area contributed by atoms with Gasteiger partial charge in [0.15, 0.2) is 9.84 Å². The predicted molar refractivity (Wildman–Crippen MR) is 127 cm³/mol. The zero-order valence-corrected chi connectivity index (χ0v) is 19.1. The van der Waals surface area contributed by atoms with E-state index in [1.807, 2.05) is 13.0 Å². The predicted octanol–water partition coefficient (Wildman–Crippen LogP) is 1.99. The lowest BCUT2D eigenvalue weighted by atomic mass is 10.2. The molecule has 2 aromatic rings. The van der Waals surface area contributed by atoms with Gasteiger partial charge in [-0.1, -0.05) is 36.1 Å². The minimum Gasteiger partial charge on any atom is -0.366 e. The fraction of sp³-hybridized carbons (Fsp3) is 0.300. The summed E-state index contributed by atoms with van der Waals surface area (Å²) >= 11 is 6.42. The molecule has 1 atom stereocenters. The maximum absolute atomic E-state index is 13.2. The summed E-state index contributed by atoms with van der Waals surface area (Å²) in [4.78, 5) is 32.5. The number of rotatable bonds is 5. The number of fused-ring (bicyclic) bond motifs is 1. The van der Waals surface area contributed by atoms with Crippen molar-refractivity contribution < 1.29 is 13.2 Å². The zero-order chi connectivity index (χ0) is 22.3. The van der Waals surface area contributed by atoms with E-state index in [-0.39, 0.29) is 33.4 Å². The van der Waals surface area contributed by atoms with Crippen molar-refractivity contribution in [1.29, 1.82) is 0 Å². The Labute approximate surface area is 189 Å². The van der Waals surface area contributed by atoms with E-state index < -0.39 is 15.9 Å². The van der Waals surface area contributed by atoms with Crippen LogP contribution in [0.25, 0.3) is 11.7 Å². The van der Waals surface area contributed by atoms with Crippen molar-refractivity contribution >= 4 is 61.6 Å². The monoisotopic (exact) mass is 476 g/mol. The van der Waals surface area contributed by atoms with Crippen molar-refractivity contribution in [2.24, 2.45) is 0 Å². The molecule has 2 aromatic heterocycles. The Bertz CT molecular complexity index is 1310. The molecule has 31 heavy (non-hydrogen) atoms. The second-order valence-electron chi connectivity index (χ2n) is 7.39. The lowest BCUT2D eigenvalue weighted by molar-refractivity contribution is -0.123. The van der Waals surface area contributed by atoms with Crippen molar-refractivity contribution in [1.82, 2.24) is 14.3 Å². The molecule has 0 aromatic carbocycles. The first-order valence-corrected chi connectivity index (χ1v) is 12.6. The molecule has 2 aliphatic rings. The van der Waals surface area contributed by atoms with E-state index in [4.69, 9.17) is 12.2 Å². The molecule has 2 saturated heterocycles. The van der Waals surface area contributed by atoms with Crippen LogP contribution < -0.4 is 10.9 Å². The fourth-order valence-corrected chi connectivity index (χ4v) is 6.68. The molecule has 4 heterocycles. The molecule has 2 aliphatic heterocycles. The quantitative estimate of drug-likeness (QED) is 0.397. The number of pyridine rings is 1. The first-order valence-electron chi connectivity index (χ1n) is 9.55. The van der Waals surface area contributed by atoms with Gasteiger partial charge in [-0.15, -0.1) is 6.58 Å². The molecular formula is C20H20N4O4S3. The van der Waals surface area contributed by atoms with Crippen LogP contribution in [-0.4, -0.2) is 57.0 Å². The van der Waals surface area contributed by atoms with Gasteiger partial charge >= 0.3 is 0 Å². The standard InChI is InChI=1S/C20H20N4O4S3/c1-3-7-21-17-14(18(25)23-10-12(2)4-5-16(23)22-17)9-15-19(26)24(20(29)30-15)13-6-8-31(27,28)11-13/h3-5,9-10,13,21H,1,6-8,11H2,2H3. The number of nitrogens with zero attached hydrogens (tertiary/aromatic N) is 3. The minimum atomic E-state index is -3.17. The average Bonchev–Trinajstić information content (AvgIpc) is 3.20. The molecule has 162 valence electrons. The highest BCUT2D eigenvalue weighted by Gasteiger charge is 2.42. The van der Waals surface area contributed by atoms with E-state index in [9.17, 15) is 18.0 Å². The number of carbonyl (C=O) groups is 1. The smallest absolute Gasteiger partial charge is 0.267 e. The molecule has 11 heteroatoms. The van der Waals surface area contributed by atoms with Gasteiger partial charge in [-0.25, -0.2) is 13.4 Å². The number of thiocarbonyl (C=S) groups is 1. The molecule has 0 bridgehead atoms. The molecule has 1 amide bonds. The van der Waals surface area contributed by atoms with Crippen LogP contribution in [0, 0.1) is 6.92 Å². The van der Waals surface area contributed by atoms with Crippen LogP contribution in [0.5, 0.6) is 0 Å². The van der Waals surface area contributed by atoms with Crippen molar-refractivity contribution in [3.63, 3.8) is 0 Å². The fourth-order valence-electron chi connectivity index (χ4n) is 3.60. The molecule has 2 fully saturated rings. The van der Waals surface area contributed by atoms with E-state index in [0.29, 0.717) is 28.8 Å². The Morgan fingerprint density at radius 2 is 2.16 bits per heavy atom. The Kier molecular flexibility index (Phi) is 5.75. The van der Waals surface area contributed by atoms with Crippen LogP contribution in [0.3, 0.4) is 0 Å². The number of hydrogen-bond donors (Lipinski definition) is 1. The number of anilines is 1. The van der Waals surface area contributed by atoms with Crippen molar-refractivity contribution in [3.8, 4) is 0 Å². The van der Waals surface area contributed by atoms with Crippen LogP contribution >= 0.6 is 24.0 Å². The van der Waals surface area contributed by atoms with E-state index >= 15 is 0 Å². The number of aryl methyl sites for hydroxylation is 1. The van der Waals surface area contributed by atoms with Crippen molar-refractivity contribution in [3.05, 3.63) is 57.4 Å². The molecule has 0 spiro atoms. The number of hydrogen-bond acceptors (Lipinski definition) is 8. The molecule has 8 nitrogen and oxygen atoms in total. The molecule has 0 saturated carbocycles. The van der Waals surface area contributed by atoms with Gasteiger partial charge < -0.3 is 5.32 Å². The van der Waals surface area contributed by atoms with Gasteiger partial charge in [-0.2, -0.15) is 0 Å². The van der Waals surface area contributed by atoms with Gasteiger partial charge in [0.1, 0.15) is 15.8 Å². The van der Waals surface area contributed by atoms with E-state index in [0.717, 1.165) is 17.3 Å². The second kappa shape index (κ2) is 8.21. The first kappa shape index (κ1) is 21.7. The van der Waals surface area contributed by atoms with Crippen molar-refractivity contribution in [2.45, 2.75) is 19.4 Å². The number of aromatic nitrogens is 2. The maximum atomic E-state index is 13.2. The number of carbonyl (C=O) groups excluding carboxylic acids is 1. The third kappa shape index (κ3) is 4.17. The highest BCUT2D eigenvalue weighted by molar-refractivity contribution is 8.26. The highest BCUT2D eigenvalue weighted by atomic mass is 32.2. The first-order chi connectivity index (χ1) is 14.7. The van der Waals surface area contributed by atoms with Gasteiger partial charge in [0, 0.05) is 12.7 Å². The van der Waals surface area contributed by atoms with Gasteiger partial charge in [-0.3, -0.25) is 18.9 Å². The molecule has 4 rings (SSSR count). The topological polar surface area (TPSA) is 101 Å². The Morgan fingerprint density at radius 3 is 2.84 bits per heavy atom. The van der Waals surface area contributed by atoms with E-state index in [1.165, 1.54) is 15.4 Å². The summed E-state index contributed by atoms with van der Waals surface area (Å²) in [7, 11) is -3.17. The molecule has 1 unspecified atom stereocenters. The van der Waals surface area contributed by atoms with Crippen LogP contribution in [0.4, 0.5) is 5.82 Å². The Balaban J connectivity index is 1.78. The molecular weight excluding hydrogens is 456 g/mol. The van der Waals surface area contributed by atoms with Crippen LogP contribution in [-0.2, 0) is 14.6 Å². The number of nitrogens with one attached hydrogen (secondary N) is 1. The SMILES string of the molecule is C=CCNc1nc2ccc(C)cn2c(=O)c1C=C1SC(=S)N(C2CCS(=O)(=O)C2)C1=O. The summed E-state index contributed by atoms with van der Waals surface area (Å²) in [6.07, 6.45) is 5.17. The zero-order valence-electron chi connectivity index (χ0n) is 16.7. The Morgan fingerprint density at radius 1 is 1.39 bits per heavy atom. The maximum Gasteiger partial charge on any atom is 0.267 e. The van der Waals surface area contributed by atoms with Gasteiger partial charge in [0.05, 0.1) is 28.0 Å². The molecule has 0 radical (unpaired) electrons. The third-order valence-electron chi connectivity index (χ3n) is 5.09.